The molecule has 1 fully saturated rings. The molecule has 6 nitrogen and oxygen atoms in total. The van der Waals surface area contributed by atoms with Gasteiger partial charge in [0.2, 0.25) is 0 Å². The third-order valence-electron chi connectivity index (χ3n) is 4.60. The predicted molar refractivity (Wildman–Crippen MR) is 91.5 cm³/mol. The second-order valence-electron chi connectivity index (χ2n) is 6.21. The number of nitrogens with zero attached hydrogens (tertiary/aromatic N) is 2. The predicted octanol–water partition coefficient (Wildman–Crippen LogP) is 2.40. The van der Waals surface area contributed by atoms with Gasteiger partial charge in [0.1, 0.15) is 0 Å². The molecule has 0 spiro atoms. The van der Waals surface area contributed by atoms with E-state index in [1.54, 1.807) is 6.20 Å². The molecule has 0 saturated heterocycles. The molecule has 1 aliphatic rings. The highest BCUT2D eigenvalue weighted by Gasteiger charge is 2.28. The lowest BCUT2D eigenvalue weighted by atomic mass is 9.90. The molecule has 128 valence electrons. The summed E-state index contributed by atoms with van der Waals surface area (Å²) in [6, 6.07) is 11.0. The average Bonchev–Trinajstić information content (AvgIpc) is 3.15. The van der Waals surface area contributed by atoms with E-state index in [1.807, 2.05) is 47.3 Å². The summed E-state index contributed by atoms with van der Waals surface area (Å²) in [5.41, 5.74) is 0.891. The van der Waals surface area contributed by atoms with Crippen LogP contribution in [0.4, 0.5) is 4.79 Å². The number of hydrogen-bond acceptors (Lipinski definition) is 3. The number of hydrogen-bond donors (Lipinski definition) is 3. The van der Waals surface area contributed by atoms with Gasteiger partial charge < -0.3 is 15.7 Å². The van der Waals surface area contributed by atoms with E-state index in [0.717, 1.165) is 31.2 Å². The summed E-state index contributed by atoms with van der Waals surface area (Å²) >= 11 is 0. The van der Waals surface area contributed by atoms with Crippen LogP contribution in [-0.4, -0.2) is 33.6 Å². The van der Waals surface area contributed by atoms with Gasteiger partial charge in [-0.3, -0.25) is 4.68 Å². The molecule has 1 saturated carbocycles. The first-order chi connectivity index (χ1) is 11.8. The molecule has 3 rings (SSSR count). The molecule has 0 bridgehead atoms. The number of carbonyl (C=O) groups is 1. The van der Waals surface area contributed by atoms with Crippen LogP contribution in [-0.2, 0) is 0 Å². The Bertz CT molecular complexity index is 630. The fraction of sp³-hybridized carbons (Fsp3) is 0.444. The lowest BCUT2D eigenvalue weighted by Crippen LogP contribution is -2.48. The summed E-state index contributed by atoms with van der Waals surface area (Å²) in [5, 5.41) is 19.8. The van der Waals surface area contributed by atoms with Crippen LogP contribution in [0, 0.1) is 0 Å². The lowest BCUT2D eigenvalue weighted by molar-refractivity contribution is 0.199. The maximum Gasteiger partial charge on any atom is 0.315 e. The largest absolute Gasteiger partial charge is 0.394 e. The Labute approximate surface area is 141 Å². The molecule has 6 heteroatoms. The molecule has 0 aliphatic heterocycles. The van der Waals surface area contributed by atoms with E-state index in [9.17, 15) is 9.90 Å². The van der Waals surface area contributed by atoms with Crippen molar-refractivity contribution in [3.63, 3.8) is 0 Å². The number of carbonyl (C=O) groups excluding carboxylic acids is 1. The molecular weight excluding hydrogens is 304 g/mol. The number of benzene rings is 1. The molecule has 2 aromatic rings. The number of amides is 2. The van der Waals surface area contributed by atoms with Crippen molar-refractivity contribution in [2.45, 2.75) is 43.8 Å². The molecule has 1 aromatic heterocycles. The van der Waals surface area contributed by atoms with Crippen LogP contribution in [0.5, 0.6) is 0 Å². The van der Waals surface area contributed by atoms with E-state index >= 15 is 0 Å². The zero-order chi connectivity index (χ0) is 16.8. The minimum atomic E-state index is -0.405. The van der Waals surface area contributed by atoms with Crippen LogP contribution in [0.3, 0.4) is 0 Å². The molecular formula is C18H24N4O2. The minimum absolute atomic E-state index is 0.0498. The SMILES string of the molecule is O=C(N[C@H]1CCCC[C@@H]1n1cccn1)N[C@H](CO)c1ccccc1. The average molecular weight is 328 g/mol. The van der Waals surface area contributed by atoms with E-state index < -0.39 is 6.04 Å². The van der Waals surface area contributed by atoms with E-state index in [0.29, 0.717) is 0 Å². The van der Waals surface area contributed by atoms with Gasteiger partial charge in [0.05, 0.1) is 24.7 Å². The van der Waals surface area contributed by atoms with Crippen molar-refractivity contribution in [1.82, 2.24) is 20.4 Å². The van der Waals surface area contributed by atoms with Gasteiger partial charge in [-0.2, -0.15) is 5.10 Å². The van der Waals surface area contributed by atoms with Crippen LogP contribution < -0.4 is 10.6 Å². The van der Waals surface area contributed by atoms with Gasteiger partial charge >= 0.3 is 6.03 Å². The highest BCUT2D eigenvalue weighted by molar-refractivity contribution is 5.74. The van der Waals surface area contributed by atoms with Gasteiger partial charge in [0, 0.05) is 12.4 Å². The van der Waals surface area contributed by atoms with Gasteiger partial charge in [-0.05, 0) is 24.5 Å². The summed E-state index contributed by atoms with van der Waals surface area (Å²) in [6.07, 6.45) is 7.91. The Morgan fingerprint density at radius 1 is 1.25 bits per heavy atom. The second kappa shape index (κ2) is 7.97. The van der Waals surface area contributed by atoms with Crippen molar-refractivity contribution in [3.8, 4) is 0 Å². The first-order valence-electron chi connectivity index (χ1n) is 8.50. The van der Waals surface area contributed by atoms with E-state index in [1.165, 1.54) is 0 Å². The van der Waals surface area contributed by atoms with Gasteiger partial charge in [-0.25, -0.2) is 4.79 Å². The fourth-order valence-electron chi connectivity index (χ4n) is 3.36. The maximum atomic E-state index is 12.4. The zero-order valence-electron chi connectivity index (χ0n) is 13.6. The van der Waals surface area contributed by atoms with Crippen LogP contribution in [0.15, 0.2) is 48.8 Å². The number of nitrogens with one attached hydrogen (secondary N) is 2. The molecule has 3 atom stereocenters. The topological polar surface area (TPSA) is 79.2 Å². The van der Waals surface area contributed by atoms with Crippen LogP contribution >= 0.6 is 0 Å². The molecule has 2 amide bonds. The maximum absolute atomic E-state index is 12.4. The summed E-state index contributed by atoms with van der Waals surface area (Å²) in [7, 11) is 0. The molecule has 1 aliphatic carbocycles. The van der Waals surface area contributed by atoms with E-state index in [-0.39, 0.29) is 24.7 Å². The number of aliphatic hydroxyl groups excluding tert-OH is 1. The smallest absolute Gasteiger partial charge is 0.315 e. The molecule has 1 aromatic carbocycles. The molecule has 0 radical (unpaired) electrons. The normalized spacial score (nSPS) is 21.9. The molecule has 24 heavy (non-hydrogen) atoms. The first-order valence-corrected chi connectivity index (χ1v) is 8.50. The van der Waals surface area contributed by atoms with Crippen molar-refractivity contribution in [1.29, 1.82) is 0 Å². The van der Waals surface area contributed by atoms with Crippen LogP contribution in [0.1, 0.15) is 43.3 Å². The molecule has 1 heterocycles. The minimum Gasteiger partial charge on any atom is -0.394 e. The highest BCUT2D eigenvalue weighted by atomic mass is 16.3. The monoisotopic (exact) mass is 328 g/mol. The van der Waals surface area contributed by atoms with Gasteiger partial charge in [0.25, 0.3) is 0 Å². The Hall–Kier alpha value is -2.34. The quantitative estimate of drug-likeness (QED) is 0.788. The second-order valence-corrected chi connectivity index (χ2v) is 6.21. The summed E-state index contributed by atoms with van der Waals surface area (Å²) in [6.45, 7) is -0.134. The van der Waals surface area contributed by atoms with Gasteiger partial charge in [-0.15, -0.1) is 0 Å². The van der Waals surface area contributed by atoms with Crippen LogP contribution in [0.25, 0.3) is 0 Å². The number of aliphatic hydroxyl groups is 1. The third kappa shape index (κ3) is 3.94. The van der Waals surface area contributed by atoms with Crippen molar-refractivity contribution >= 4 is 6.03 Å². The highest BCUT2D eigenvalue weighted by Crippen LogP contribution is 2.28. The Kier molecular flexibility index (Phi) is 5.48. The Balaban J connectivity index is 1.62. The summed E-state index contributed by atoms with van der Waals surface area (Å²) in [5.74, 6) is 0. The molecule has 0 unspecified atom stereocenters. The van der Waals surface area contributed by atoms with Crippen molar-refractivity contribution in [2.75, 3.05) is 6.61 Å². The summed E-state index contributed by atoms with van der Waals surface area (Å²) < 4.78 is 1.94. The van der Waals surface area contributed by atoms with Crippen molar-refractivity contribution < 1.29 is 9.90 Å². The van der Waals surface area contributed by atoms with Gasteiger partial charge in [0.15, 0.2) is 0 Å². The zero-order valence-corrected chi connectivity index (χ0v) is 13.6. The Morgan fingerprint density at radius 3 is 2.75 bits per heavy atom. The van der Waals surface area contributed by atoms with E-state index in [4.69, 9.17) is 0 Å². The molecule has 3 N–H and O–H groups in total. The third-order valence-corrected chi connectivity index (χ3v) is 4.60. The first kappa shape index (κ1) is 16.5. The number of aromatic nitrogens is 2. The summed E-state index contributed by atoms with van der Waals surface area (Å²) in [4.78, 5) is 12.4. The van der Waals surface area contributed by atoms with Crippen molar-refractivity contribution in [3.05, 3.63) is 54.4 Å². The number of rotatable bonds is 5. The standard InChI is InChI=1S/C18H24N4O2/c23-13-16(14-7-2-1-3-8-14)21-18(24)20-15-9-4-5-10-17(15)22-12-6-11-19-22/h1-3,6-8,11-12,15-17,23H,4-5,9-10,13H2,(H2,20,21,24)/t15-,16+,17-/m0/s1. The lowest BCUT2D eigenvalue weighted by Gasteiger charge is -2.32. The Morgan fingerprint density at radius 2 is 2.04 bits per heavy atom. The fourth-order valence-corrected chi connectivity index (χ4v) is 3.36. The number of urea groups is 1. The van der Waals surface area contributed by atoms with Gasteiger partial charge in [-0.1, -0.05) is 43.2 Å². The van der Waals surface area contributed by atoms with Crippen LogP contribution in [0.2, 0.25) is 0 Å². The van der Waals surface area contributed by atoms with Crippen molar-refractivity contribution in [2.24, 2.45) is 0 Å². The van der Waals surface area contributed by atoms with E-state index in [2.05, 4.69) is 15.7 Å².